The van der Waals surface area contributed by atoms with Crippen molar-refractivity contribution in [1.82, 2.24) is 29.4 Å². The highest BCUT2D eigenvalue weighted by Crippen LogP contribution is 2.31. The van der Waals surface area contributed by atoms with Crippen molar-refractivity contribution in [2.75, 3.05) is 23.3 Å². The van der Waals surface area contributed by atoms with Gasteiger partial charge in [-0.3, -0.25) is 9.48 Å². The maximum atomic E-state index is 12.3. The van der Waals surface area contributed by atoms with Gasteiger partial charge in [0, 0.05) is 44.1 Å². The Bertz CT molecular complexity index is 1400. The molecular weight excluding hydrogens is 432 g/mol. The number of aryl methyl sites for hydroxylation is 1. The maximum absolute atomic E-state index is 12.3. The Labute approximate surface area is 195 Å². The van der Waals surface area contributed by atoms with E-state index >= 15 is 0 Å². The van der Waals surface area contributed by atoms with Gasteiger partial charge >= 0.3 is 0 Å². The zero-order valence-electron chi connectivity index (χ0n) is 18.9. The fraction of sp³-hybridized carbons (Fsp3) is 0.304. The number of nitriles is 1. The summed E-state index contributed by atoms with van der Waals surface area (Å²) in [6.45, 7) is 3.62. The number of primary amides is 1. The molecule has 0 spiro atoms. The SMILES string of the molecule is CC[C@H]1CN(c2ccc(C#N)cn2)C[C@H]1Nc1c(C(N)=O)cnn2cc(-c3cnn(C)c3)nc12. The van der Waals surface area contributed by atoms with Gasteiger partial charge in [0.2, 0.25) is 0 Å². The van der Waals surface area contributed by atoms with E-state index in [1.807, 2.05) is 19.3 Å². The third kappa shape index (κ3) is 3.79. The number of carbonyl (C=O) groups is 1. The number of imidazole rings is 1. The van der Waals surface area contributed by atoms with Gasteiger partial charge in [0.1, 0.15) is 11.9 Å². The molecule has 11 nitrogen and oxygen atoms in total. The number of hydrogen-bond donors (Lipinski definition) is 2. The van der Waals surface area contributed by atoms with Crippen LogP contribution < -0.4 is 16.0 Å². The van der Waals surface area contributed by atoms with E-state index in [2.05, 4.69) is 38.4 Å². The molecule has 0 aromatic carbocycles. The van der Waals surface area contributed by atoms with Gasteiger partial charge in [-0.05, 0) is 24.5 Å². The Morgan fingerprint density at radius 3 is 2.74 bits per heavy atom. The normalized spacial score (nSPS) is 17.7. The lowest BCUT2D eigenvalue weighted by atomic mass is 10.0. The number of fused-ring (bicyclic) bond motifs is 1. The largest absolute Gasteiger partial charge is 0.376 e. The minimum absolute atomic E-state index is 0.0327. The first-order valence-electron chi connectivity index (χ1n) is 11.0. The topological polar surface area (TPSA) is 143 Å². The summed E-state index contributed by atoms with van der Waals surface area (Å²) in [7, 11) is 1.84. The number of anilines is 2. The van der Waals surface area contributed by atoms with Crippen molar-refractivity contribution in [3.63, 3.8) is 0 Å². The monoisotopic (exact) mass is 456 g/mol. The first-order valence-corrected chi connectivity index (χ1v) is 11.0. The Kier molecular flexibility index (Phi) is 5.33. The van der Waals surface area contributed by atoms with Crippen molar-refractivity contribution in [3.05, 3.63) is 54.2 Å². The van der Waals surface area contributed by atoms with Gasteiger partial charge in [-0.2, -0.15) is 15.5 Å². The summed E-state index contributed by atoms with van der Waals surface area (Å²) in [5.74, 6) is 0.552. The van der Waals surface area contributed by atoms with Crippen molar-refractivity contribution in [1.29, 1.82) is 5.26 Å². The number of nitrogens with one attached hydrogen (secondary N) is 1. The van der Waals surface area contributed by atoms with E-state index in [4.69, 9.17) is 16.0 Å². The first-order chi connectivity index (χ1) is 16.5. The maximum Gasteiger partial charge on any atom is 0.252 e. The predicted octanol–water partition coefficient (Wildman–Crippen LogP) is 1.82. The second-order valence-corrected chi connectivity index (χ2v) is 8.44. The summed E-state index contributed by atoms with van der Waals surface area (Å²) < 4.78 is 3.35. The lowest BCUT2D eigenvalue weighted by molar-refractivity contribution is 0.100. The second kappa shape index (κ2) is 8.47. The molecule has 2 atom stereocenters. The van der Waals surface area contributed by atoms with Gasteiger partial charge in [-0.15, -0.1) is 0 Å². The van der Waals surface area contributed by atoms with E-state index < -0.39 is 5.91 Å². The van der Waals surface area contributed by atoms with Crippen LogP contribution in [0.25, 0.3) is 16.9 Å². The molecule has 1 aliphatic rings. The summed E-state index contributed by atoms with van der Waals surface area (Å²) in [5, 5.41) is 21.2. The van der Waals surface area contributed by atoms with Crippen molar-refractivity contribution < 1.29 is 4.79 Å². The smallest absolute Gasteiger partial charge is 0.252 e. The van der Waals surface area contributed by atoms with E-state index in [9.17, 15) is 4.79 Å². The highest BCUT2D eigenvalue weighted by atomic mass is 16.1. The van der Waals surface area contributed by atoms with Gasteiger partial charge in [-0.1, -0.05) is 6.92 Å². The summed E-state index contributed by atoms with van der Waals surface area (Å²) in [6, 6.07) is 5.76. The van der Waals surface area contributed by atoms with Crippen LogP contribution in [0.3, 0.4) is 0 Å². The highest BCUT2D eigenvalue weighted by molar-refractivity contribution is 6.01. The molecule has 172 valence electrons. The van der Waals surface area contributed by atoms with Gasteiger partial charge in [0.25, 0.3) is 5.91 Å². The molecule has 4 aromatic rings. The molecule has 11 heteroatoms. The van der Waals surface area contributed by atoms with Crippen molar-refractivity contribution >= 4 is 23.1 Å². The molecule has 34 heavy (non-hydrogen) atoms. The minimum Gasteiger partial charge on any atom is -0.376 e. The van der Waals surface area contributed by atoms with Gasteiger partial charge in [0.15, 0.2) is 5.65 Å². The highest BCUT2D eigenvalue weighted by Gasteiger charge is 2.33. The molecule has 5 heterocycles. The van der Waals surface area contributed by atoms with Crippen LogP contribution in [0, 0.1) is 17.2 Å². The number of pyridine rings is 1. The third-order valence-electron chi connectivity index (χ3n) is 6.25. The van der Waals surface area contributed by atoms with Crippen LogP contribution >= 0.6 is 0 Å². The Morgan fingerprint density at radius 2 is 2.09 bits per heavy atom. The van der Waals surface area contributed by atoms with Crippen LogP contribution in [0.5, 0.6) is 0 Å². The number of carbonyl (C=O) groups excluding carboxylic acids is 1. The molecule has 1 fully saturated rings. The number of rotatable bonds is 6. The first kappa shape index (κ1) is 21.4. The summed E-state index contributed by atoms with van der Waals surface area (Å²) in [6.07, 6.45) is 9.41. The molecule has 0 aliphatic carbocycles. The molecule has 4 aromatic heterocycles. The molecule has 0 saturated carbocycles. The van der Waals surface area contributed by atoms with E-state index in [0.717, 1.165) is 24.3 Å². The van der Waals surface area contributed by atoms with Gasteiger partial charge in [-0.25, -0.2) is 14.5 Å². The zero-order valence-corrected chi connectivity index (χ0v) is 18.9. The summed E-state index contributed by atoms with van der Waals surface area (Å²) >= 11 is 0. The average Bonchev–Trinajstić information content (AvgIpc) is 3.57. The molecular formula is C23H24N10O. The number of amides is 1. The van der Waals surface area contributed by atoms with Crippen molar-refractivity contribution in [2.45, 2.75) is 19.4 Å². The van der Waals surface area contributed by atoms with Gasteiger partial charge < -0.3 is 16.0 Å². The second-order valence-electron chi connectivity index (χ2n) is 8.44. The Morgan fingerprint density at radius 1 is 1.24 bits per heavy atom. The van der Waals surface area contributed by atoms with Crippen LogP contribution in [0.1, 0.15) is 29.3 Å². The predicted molar refractivity (Wildman–Crippen MR) is 126 cm³/mol. The molecule has 0 bridgehead atoms. The van der Waals surface area contributed by atoms with Crippen LogP contribution in [-0.4, -0.2) is 54.4 Å². The molecule has 1 amide bonds. The zero-order chi connectivity index (χ0) is 23.8. The molecule has 5 rings (SSSR count). The minimum atomic E-state index is -0.569. The van der Waals surface area contributed by atoms with E-state index in [1.165, 1.54) is 6.20 Å². The summed E-state index contributed by atoms with van der Waals surface area (Å²) in [5.41, 5.74) is 9.16. The third-order valence-corrected chi connectivity index (χ3v) is 6.25. The summed E-state index contributed by atoms with van der Waals surface area (Å²) in [4.78, 5) is 23.6. The molecule has 1 aliphatic heterocycles. The van der Waals surface area contributed by atoms with Crippen molar-refractivity contribution in [3.8, 4) is 17.3 Å². The molecule has 0 unspecified atom stereocenters. The Balaban J connectivity index is 1.49. The van der Waals surface area contributed by atoms with Crippen LogP contribution in [-0.2, 0) is 7.05 Å². The quantitative estimate of drug-likeness (QED) is 0.447. The van der Waals surface area contributed by atoms with Crippen LogP contribution in [0.4, 0.5) is 11.5 Å². The van der Waals surface area contributed by atoms with E-state index in [-0.39, 0.29) is 6.04 Å². The fourth-order valence-electron chi connectivity index (χ4n) is 4.42. The van der Waals surface area contributed by atoms with E-state index in [0.29, 0.717) is 40.6 Å². The van der Waals surface area contributed by atoms with E-state index in [1.54, 1.807) is 33.9 Å². The number of nitrogens with two attached hydrogens (primary N) is 1. The average molecular weight is 457 g/mol. The van der Waals surface area contributed by atoms with Crippen molar-refractivity contribution in [2.24, 2.45) is 18.7 Å². The lowest BCUT2D eigenvalue weighted by Gasteiger charge is -2.21. The van der Waals surface area contributed by atoms with Crippen LogP contribution in [0.2, 0.25) is 0 Å². The van der Waals surface area contributed by atoms with Gasteiger partial charge in [0.05, 0.1) is 41.1 Å². The number of aromatic nitrogens is 6. The number of hydrogen-bond acceptors (Lipinski definition) is 8. The molecule has 0 radical (unpaired) electrons. The molecule has 1 saturated heterocycles. The van der Waals surface area contributed by atoms with Crippen LogP contribution in [0.15, 0.2) is 43.1 Å². The molecule has 3 N–H and O–H groups in total. The lowest BCUT2D eigenvalue weighted by Crippen LogP contribution is -2.30. The Hall–Kier alpha value is -4.46. The number of nitrogens with zero attached hydrogens (tertiary/aromatic N) is 8. The standard InChI is InChI=1S/C23H24N10O/c1-3-15-11-32(20-5-4-14(6-24)7-26-20)12-18(15)29-21-17(22(25)34)9-28-33-13-19(30-23(21)33)16-8-27-31(2)10-16/h4-5,7-10,13,15,18,29H,3,11-12H2,1-2H3,(H2,25,34)/t15-,18+/m0/s1. The fourth-order valence-corrected chi connectivity index (χ4v) is 4.42.